The fraction of sp³-hybridized carbons (Fsp3) is 0.409. The van der Waals surface area contributed by atoms with Crippen molar-refractivity contribution >= 4 is 21.6 Å². The van der Waals surface area contributed by atoms with Crippen LogP contribution in [0.15, 0.2) is 53.4 Å². The first-order chi connectivity index (χ1) is 16.3. The number of carbonyl (C=O) groups excluding carboxylic acids is 1. The van der Waals surface area contributed by atoms with Gasteiger partial charge in [-0.25, -0.2) is 8.42 Å². The summed E-state index contributed by atoms with van der Waals surface area (Å²) in [5.41, 5.74) is -0.868. The maximum absolute atomic E-state index is 13.4. The second-order valence-electron chi connectivity index (χ2n) is 8.36. The van der Waals surface area contributed by atoms with Gasteiger partial charge in [0.2, 0.25) is 15.9 Å². The highest BCUT2D eigenvalue weighted by Gasteiger charge is 2.48. The number of halogens is 6. The highest BCUT2D eigenvalue weighted by molar-refractivity contribution is 7.89. The molecule has 2 saturated heterocycles. The molecule has 35 heavy (non-hydrogen) atoms. The topological polar surface area (TPSA) is 66.9 Å². The lowest BCUT2D eigenvalue weighted by Gasteiger charge is -2.33. The second kappa shape index (κ2) is 9.01. The van der Waals surface area contributed by atoms with Crippen LogP contribution in [0.4, 0.5) is 32.0 Å². The number of piperidine rings is 1. The molecular formula is C22H20F6N2O4S. The molecule has 0 N–H and O–H groups in total. The number of amides is 1. The summed E-state index contributed by atoms with van der Waals surface area (Å²) in [4.78, 5) is 13.7. The molecule has 2 fully saturated rings. The molecule has 2 heterocycles. The molecule has 0 saturated carbocycles. The van der Waals surface area contributed by atoms with E-state index in [1.165, 1.54) is 35.2 Å². The van der Waals surface area contributed by atoms with Gasteiger partial charge in [0.15, 0.2) is 6.61 Å². The number of nitrogens with zero attached hydrogens (tertiary/aromatic N) is 2. The van der Waals surface area contributed by atoms with Crippen molar-refractivity contribution in [2.45, 2.75) is 23.7 Å². The number of carbonyl (C=O) groups is 1. The Morgan fingerprint density at radius 1 is 0.943 bits per heavy atom. The first kappa shape index (κ1) is 25.3. The summed E-state index contributed by atoms with van der Waals surface area (Å²) in [6, 6.07) is 9.34. The maximum atomic E-state index is 13.4. The smallest absolute Gasteiger partial charge is 0.422 e. The van der Waals surface area contributed by atoms with E-state index in [1.54, 1.807) is 0 Å². The molecule has 0 aliphatic carbocycles. The van der Waals surface area contributed by atoms with Crippen molar-refractivity contribution < 1.29 is 44.3 Å². The van der Waals surface area contributed by atoms with Crippen molar-refractivity contribution in [3.8, 4) is 5.75 Å². The largest absolute Gasteiger partial charge is 0.484 e. The van der Waals surface area contributed by atoms with Gasteiger partial charge in [-0.2, -0.15) is 30.6 Å². The zero-order chi connectivity index (χ0) is 25.6. The Hall–Kier alpha value is -2.80. The molecule has 190 valence electrons. The Morgan fingerprint density at radius 2 is 1.60 bits per heavy atom. The van der Waals surface area contributed by atoms with Gasteiger partial charge in [-0.1, -0.05) is 12.1 Å². The van der Waals surface area contributed by atoms with Gasteiger partial charge in [0.05, 0.1) is 16.4 Å². The van der Waals surface area contributed by atoms with Crippen LogP contribution in [0.3, 0.4) is 0 Å². The predicted octanol–water partition coefficient (Wildman–Crippen LogP) is 4.32. The summed E-state index contributed by atoms with van der Waals surface area (Å²) in [5.74, 6) is -1.54. The molecule has 2 aromatic carbocycles. The van der Waals surface area contributed by atoms with E-state index in [0.29, 0.717) is 18.2 Å². The minimum absolute atomic E-state index is 0.0325. The molecule has 0 bridgehead atoms. The first-order valence-corrected chi connectivity index (χ1v) is 12.0. The number of fused-ring (bicyclic) bond motifs is 1. The van der Waals surface area contributed by atoms with Crippen LogP contribution in [0.25, 0.3) is 0 Å². The molecule has 2 atom stereocenters. The molecule has 1 amide bonds. The van der Waals surface area contributed by atoms with Crippen molar-refractivity contribution in [3.05, 3.63) is 54.1 Å². The average molecular weight is 522 g/mol. The monoisotopic (exact) mass is 522 g/mol. The molecular weight excluding hydrogens is 502 g/mol. The molecule has 0 aromatic heterocycles. The van der Waals surface area contributed by atoms with Gasteiger partial charge in [-0.15, -0.1) is 0 Å². The fourth-order valence-corrected chi connectivity index (χ4v) is 6.15. The molecule has 4 rings (SSSR count). The van der Waals surface area contributed by atoms with E-state index >= 15 is 0 Å². The van der Waals surface area contributed by atoms with Crippen molar-refractivity contribution in [2.24, 2.45) is 11.8 Å². The summed E-state index contributed by atoms with van der Waals surface area (Å²) in [6.07, 6.45) is -8.94. The minimum atomic E-state index is -4.86. The number of anilines is 1. The Morgan fingerprint density at radius 3 is 2.23 bits per heavy atom. The number of hydrogen-bond acceptors (Lipinski definition) is 4. The lowest BCUT2D eigenvalue weighted by Crippen LogP contribution is -2.45. The quantitative estimate of drug-likeness (QED) is 0.549. The van der Waals surface area contributed by atoms with Crippen molar-refractivity contribution in [3.63, 3.8) is 0 Å². The maximum Gasteiger partial charge on any atom is 0.422 e. The van der Waals surface area contributed by atoms with Crippen molar-refractivity contribution in [1.29, 1.82) is 0 Å². The zero-order valence-corrected chi connectivity index (χ0v) is 18.8. The van der Waals surface area contributed by atoms with Crippen molar-refractivity contribution in [1.82, 2.24) is 4.31 Å². The summed E-state index contributed by atoms with van der Waals surface area (Å²) in [5, 5.41) is 0. The Kier molecular flexibility index (Phi) is 6.51. The summed E-state index contributed by atoms with van der Waals surface area (Å²) < 4.78 is 109. The van der Waals surface area contributed by atoms with E-state index in [1.807, 2.05) is 0 Å². The molecule has 2 unspecified atom stereocenters. The van der Waals surface area contributed by atoms with E-state index in [2.05, 4.69) is 4.74 Å². The SMILES string of the molecule is O=C1C2CN(S(=O)(=O)c3ccccc3C(F)(F)F)CC2CCN1c1ccc(OCC(F)(F)F)cc1. The highest BCUT2D eigenvalue weighted by atomic mass is 32.2. The number of alkyl halides is 6. The molecule has 2 aliphatic rings. The Balaban J connectivity index is 1.50. The van der Waals surface area contributed by atoms with Gasteiger partial charge in [-0.3, -0.25) is 4.79 Å². The number of hydrogen-bond donors (Lipinski definition) is 0. The highest BCUT2D eigenvalue weighted by Crippen LogP contribution is 2.40. The molecule has 2 aromatic rings. The standard InChI is InChI=1S/C22H20F6N2O4S/c23-21(24,25)13-34-16-7-5-15(6-8-16)30-10-9-14-11-29(12-17(14)20(30)31)35(32,33)19-4-2-1-3-18(19)22(26,27)28/h1-8,14,17H,9-13H2. The summed E-state index contributed by atoms with van der Waals surface area (Å²) >= 11 is 0. The van der Waals surface area contributed by atoms with Crippen LogP contribution < -0.4 is 9.64 Å². The average Bonchev–Trinajstić information content (AvgIpc) is 3.24. The number of sulfonamides is 1. The van der Waals surface area contributed by atoms with Crippen LogP contribution in [-0.4, -0.2) is 51.0 Å². The van der Waals surface area contributed by atoms with Gasteiger partial charge in [0.25, 0.3) is 0 Å². The number of benzene rings is 2. The third kappa shape index (κ3) is 5.25. The van der Waals surface area contributed by atoms with Gasteiger partial charge < -0.3 is 9.64 Å². The number of ether oxygens (including phenoxy) is 1. The van der Waals surface area contributed by atoms with E-state index < -0.39 is 51.3 Å². The third-order valence-electron chi connectivity index (χ3n) is 6.08. The van der Waals surface area contributed by atoms with Crippen LogP contribution >= 0.6 is 0 Å². The molecule has 2 aliphatic heterocycles. The first-order valence-electron chi connectivity index (χ1n) is 10.5. The van der Waals surface area contributed by atoms with Gasteiger partial charge >= 0.3 is 12.4 Å². The fourth-order valence-electron chi connectivity index (χ4n) is 4.41. The normalized spacial score (nSPS) is 21.8. The van der Waals surface area contributed by atoms with Gasteiger partial charge in [0, 0.05) is 25.3 Å². The minimum Gasteiger partial charge on any atom is -0.484 e. The molecule has 13 heteroatoms. The second-order valence-corrected chi connectivity index (χ2v) is 10.3. The van der Waals surface area contributed by atoms with Crippen LogP contribution in [-0.2, 0) is 21.0 Å². The van der Waals surface area contributed by atoms with Crippen LogP contribution in [0, 0.1) is 11.8 Å². The zero-order valence-electron chi connectivity index (χ0n) is 18.0. The molecule has 6 nitrogen and oxygen atoms in total. The van der Waals surface area contributed by atoms with E-state index in [4.69, 9.17) is 0 Å². The molecule has 0 radical (unpaired) electrons. The van der Waals surface area contributed by atoms with Crippen LogP contribution in [0.5, 0.6) is 5.75 Å². The Bertz CT molecular complexity index is 1200. The predicted molar refractivity (Wildman–Crippen MR) is 112 cm³/mol. The van der Waals surface area contributed by atoms with Gasteiger partial charge in [-0.05, 0) is 48.7 Å². The van der Waals surface area contributed by atoms with E-state index in [0.717, 1.165) is 16.4 Å². The number of rotatable bonds is 5. The van der Waals surface area contributed by atoms with Crippen LogP contribution in [0.1, 0.15) is 12.0 Å². The summed E-state index contributed by atoms with van der Waals surface area (Å²) in [7, 11) is -4.51. The third-order valence-corrected chi connectivity index (χ3v) is 7.97. The lowest BCUT2D eigenvalue weighted by atomic mass is 9.87. The van der Waals surface area contributed by atoms with Crippen LogP contribution in [0.2, 0.25) is 0 Å². The van der Waals surface area contributed by atoms with Gasteiger partial charge in [0.1, 0.15) is 5.75 Å². The Labute approximate surface area is 197 Å². The lowest BCUT2D eigenvalue weighted by molar-refractivity contribution is -0.153. The van der Waals surface area contributed by atoms with E-state index in [-0.39, 0.29) is 31.3 Å². The molecule has 0 spiro atoms. The summed E-state index contributed by atoms with van der Waals surface area (Å²) in [6.45, 7) is -1.57. The van der Waals surface area contributed by atoms with E-state index in [9.17, 15) is 39.6 Å². The van der Waals surface area contributed by atoms with Crippen molar-refractivity contribution in [2.75, 3.05) is 31.1 Å².